The summed E-state index contributed by atoms with van der Waals surface area (Å²) < 4.78 is 10.3. The van der Waals surface area contributed by atoms with E-state index in [1.54, 1.807) is 7.11 Å². The molecule has 0 amide bonds. The molecule has 0 bridgehead atoms. The zero-order chi connectivity index (χ0) is 11.1. The Labute approximate surface area is 92.0 Å². The van der Waals surface area contributed by atoms with Gasteiger partial charge in [0, 0.05) is 13.7 Å². The van der Waals surface area contributed by atoms with Crippen molar-refractivity contribution in [3.63, 3.8) is 0 Å². The van der Waals surface area contributed by atoms with Crippen LogP contribution in [0.4, 0.5) is 0 Å². The lowest BCUT2D eigenvalue weighted by atomic mass is 10.3. The topological polar surface area (TPSA) is 50.7 Å². The molecule has 0 aromatic carbocycles. The third-order valence-corrected chi connectivity index (χ3v) is 2.48. The van der Waals surface area contributed by atoms with Crippen LogP contribution in [-0.4, -0.2) is 50.7 Å². The highest BCUT2D eigenvalue weighted by Gasteiger charge is 2.20. The average Bonchev–Trinajstić information content (AvgIpc) is 2.99. The minimum atomic E-state index is -0.414. The molecule has 1 aliphatic carbocycles. The molecule has 15 heavy (non-hydrogen) atoms. The Hall–Kier alpha value is -0.160. The van der Waals surface area contributed by atoms with Gasteiger partial charge in [-0.1, -0.05) is 0 Å². The molecule has 0 aromatic rings. The van der Waals surface area contributed by atoms with Crippen molar-refractivity contribution in [2.75, 3.05) is 33.4 Å². The Morgan fingerprint density at radius 2 is 2.13 bits per heavy atom. The fourth-order valence-electron chi connectivity index (χ4n) is 1.39. The van der Waals surface area contributed by atoms with Crippen molar-refractivity contribution in [1.82, 2.24) is 5.32 Å². The fourth-order valence-corrected chi connectivity index (χ4v) is 1.39. The van der Waals surface area contributed by atoms with E-state index in [4.69, 9.17) is 9.47 Å². The van der Waals surface area contributed by atoms with Crippen LogP contribution in [0.3, 0.4) is 0 Å². The highest BCUT2D eigenvalue weighted by atomic mass is 16.5. The molecular weight excluding hydrogens is 194 g/mol. The summed E-state index contributed by atoms with van der Waals surface area (Å²) in [6.45, 7) is 4.54. The van der Waals surface area contributed by atoms with Crippen LogP contribution in [0.1, 0.15) is 19.8 Å². The molecule has 0 saturated heterocycles. The molecule has 2 atom stereocenters. The SMILES string of the molecule is COCC(C)OCC(O)CNCC1CC1. The standard InChI is InChI=1S/C11H23NO3/c1-9(7-14-2)15-8-11(13)6-12-5-10-3-4-10/h9-13H,3-8H2,1-2H3. The second-order valence-corrected chi connectivity index (χ2v) is 4.35. The summed E-state index contributed by atoms with van der Waals surface area (Å²) in [6, 6.07) is 0. The lowest BCUT2D eigenvalue weighted by molar-refractivity contribution is -0.0310. The first-order chi connectivity index (χ1) is 7.22. The summed E-state index contributed by atoms with van der Waals surface area (Å²) in [5, 5.41) is 12.8. The quantitative estimate of drug-likeness (QED) is 0.587. The van der Waals surface area contributed by atoms with Crippen LogP contribution in [0.5, 0.6) is 0 Å². The molecular formula is C11H23NO3. The van der Waals surface area contributed by atoms with E-state index < -0.39 is 6.10 Å². The fraction of sp³-hybridized carbons (Fsp3) is 1.00. The molecule has 2 N–H and O–H groups in total. The molecule has 2 unspecified atom stereocenters. The number of methoxy groups -OCH3 is 1. The van der Waals surface area contributed by atoms with Gasteiger partial charge in [0.25, 0.3) is 0 Å². The van der Waals surface area contributed by atoms with Crippen LogP contribution in [0.15, 0.2) is 0 Å². The number of ether oxygens (including phenoxy) is 2. The molecule has 90 valence electrons. The summed E-state index contributed by atoms with van der Waals surface area (Å²) in [4.78, 5) is 0. The highest BCUT2D eigenvalue weighted by Crippen LogP contribution is 2.27. The summed E-state index contributed by atoms with van der Waals surface area (Å²) in [7, 11) is 1.65. The van der Waals surface area contributed by atoms with E-state index in [1.165, 1.54) is 12.8 Å². The van der Waals surface area contributed by atoms with Crippen molar-refractivity contribution in [1.29, 1.82) is 0 Å². The van der Waals surface area contributed by atoms with Crippen molar-refractivity contribution in [2.24, 2.45) is 5.92 Å². The Balaban J connectivity index is 1.89. The largest absolute Gasteiger partial charge is 0.389 e. The third-order valence-electron chi connectivity index (χ3n) is 2.48. The summed E-state index contributed by atoms with van der Waals surface area (Å²) in [5.74, 6) is 0.852. The number of rotatable bonds is 9. The molecule has 0 aromatic heterocycles. The first-order valence-electron chi connectivity index (χ1n) is 5.71. The number of hydrogen-bond acceptors (Lipinski definition) is 4. The maximum absolute atomic E-state index is 9.57. The van der Waals surface area contributed by atoms with Gasteiger partial charge in [0.2, 0.25) is 0 Å². The molecule has 4 nitrogen and oxygen atoms in total. The lowest BCUT2D eigenvalue weighted by Crippen LogP contribution is -2.33. The molecule has 1 saturated carbocycles. The molecule has 0 spiro atoms. The van der Waals surface area contributed by atoms with Gasteiger partial charge in [-0.3, -0.25) is 0 Å². The van der Waals surface area contributed by atoms with E-state index in [0.29, 0.717) is 19.8 Å². The average molecular weight is 217 g/mol. The summed E-state index contributed by atoms with van der Waals surface area (Å²) in [5.41, 5.74) is 0. The molecule has 0 aliphatic heterocycles. The predicted molar refractivity (Wildman–Crippen MR) is 58.9 cm³/mol. The number of nitrogens with one attached hydrogen (secondary N) is 1. The first kappa shape index (κ1) is 12.9. The maximum Gasteiger partial charge on any atom is 0.0897 e. The Bertz CT molecular complexity index is 162. The molecule has 1 rings (SSSR count). The Morgan fingerprint density at radius 3 is 2.73 bits per heavy atom. The van der Waals surface area contributed by atoms with E-state index >= 15 is 0 Å². The van der Waals surface area contributed by atoms with Crippen molar-refractivity contribution in [2.45, 2.75) is 32.0 Å². The number of hydrogen-bond donors (Lipinski definition) is 2. The van der Waals surface area contributed by atoms with Crippen molar-refractivity contribution >= 4 is 0 Å². The molecule has 0 heterocycles. The zero-order valence-electron chi connectivity index (χ0n) is 9.74. The van der Waals surface area contributed by atoms with Crippen LogP contribution in [0.25, 0.3) is 0 Å². The van der Waals surface area contributed by atoms with Gasteiger partial charge in [-0.25, -0.2) is 0 Å². The van der Waals surface area contributed by atoms with Crippen LogP contribution in [0.2, 0.25) is 0 Å². The van der Waals surface area contributed by atoms with Crippen molar-refractivity contribution in [3.05, 3.63) is 0 Å². The second-order valence-electron chi connectivity index (χ2n) is 4.35. The van der Waals surface area contributed by atoms with Gasteiger partial charge in [-0.05, 0) is 32.2 Å². The molecule has 1 aliphatic rings. The molecule has 0 radical (unpaired) electrons. The third kappa shape index (κ3) is 6.84. The van der Waals surface area contributed by atoms with Crippen molar-refractivity contribution in [3.8, 4) is 0 Å². The van der Waals surface area contributed by atoms with Gasteiger partial charge in [0.15, 0.2) is 0 Å². The van der Waals surface area contributed by atoms with Gasteiger partial charge < -0.3 is 19.9 Å². The number of aliphatic hydroxyl groups is 1. The van der Waals surface area contributed by atoms with Gasteiger partial charge in [0.1, 0.15) is 0 Å². The highest BCUT2D eigenvalue weighted by molar-refractivity contribution is 4.75. The van der Waals surface area contributed by atoms with Gasteiger partial charge in [0.05, 0.1) is 25.4 Å². The van der Waals surface area contributed by atoms with Gasteiger partial charge in [-0.2, -0.15) is 0 Å². The predicted octanol–water partition coefficient (Wildman–Crippen LogP) is 0.398. The van der Waals surface area contributed by atoms with E-state index in [-0.39, 0.29) is 6.10 Å². The van der Waals surface area contributed by atoms with Crippen LogP contribution in [-0.2, 0) is 9.47 Å². The first-order valence-corrected chi connectivity index (χ1v) is 5.71. The normalized spacial score (nSPS) is 20.2. The van der Waals surface area contributed by atoms with Crippen molar-refractivity contribution < 1.29 is 14.6 Å². The minimum Gasteiger partial charge on any atom is -0.389 e. The van der Waals surface area contributed by atoms with E-state index in [0.717, 1.165) is 12.5 Å². The minimum absolute atomic E-state index is 0.0492. The van der Waals surface area contributed by atoms with Gasteiger partial charge >= 0.3 is 0 Å². The molecule has 1 fully saturated rings. The van der Waals surface area contributed by atoms with E-state index in [9.17, 15) is 5.11 Å². The monoisotopic (exact) mass is 217 g/mol. The lowest BCUT2D eigenvalue weighted by Gasteiger charge is -2.16. The second kappa shape index (κ2) is 7.17. The summed E-state index contributed by atoms with van der Waals surface area (Å²) >= 11 is 0. The smallest absolute Gasteiger partial charge is 0.0897 e. The molecule has 4 heteroatoms. The number of aliphatic hydroxyl groups excluding tert-OH is 1. The zero-order valence-corrected chi connectivity index (χ0v) is 9.74. The van der Waals surface area contributed by atoms with Crippen LogP contribution >= 0.6 is 0 Å². The van der Waals surface area contributed by atoms with Crippen LogP contribution in [0, 0.1) is 5.92 Å². The van der Waals surface area contributed by atoms with E-state index in [2.05, 4.69) is 5.32 Å². The summed E-state index contributed by atoms with van der Waals surface area (Å²) in [6.07, 6.45) is 2.31. The Kier molecular flexibility index (Phi) is 6.17. The van der Waals surface area contributed by atoms with Gasteiger partial charge in [-0.15, -0.1) is 0 Å². The van der Waals surface area contributed by atoms with Crippen LogP contribution < -0.4 is 5.32 Å². The maximum atomic E-state index is 9.57. The Morgan fingerprint density at radius 1 is 1.40 bits per heavy atom. The van der Waals surface area contributed by atoms with E-state index in [1.807, 2.05) is 6.92 Å².